The van der Waals surface area contributed by atoms with Crippen LogP contribution in [0.1, 0.15) is 10.4 Å². The van der Waals surface area contributed by atoms with E-state index in [1.165, 1.54) is 23.5 Å². The molecule has 0 bridgehead atoms. The first-order valence-corrected chi connectivity index (χ1v) is 6.96. The molecule has 1 aromatic heterocycles. The average Bonchev–Trinajstić information content (AvgIpc) is 2.78. The number of phenols is 1. The number of halogens is 1. The normalized spacial score (nSPS) is 10.2. The van der Waals surface area contributed by atoms with Crippen molar-refractivity contribution in [1.82, 2.24) is 0 Å². The van der Waals surface area contributed by atoms with Gasteiger partial charge in [-0.1, -0.05) is 0 Å². The van der Waals surface area contributed by atoms with Gasteiger partial charge in [0.15, 0.2) is 0 Å². The zero-order valence-corrected chi connectivity index (χ0v) is 12.3. The molecule has 2 aromatic rings. The molecule has 0 spiro atoms. The Hall–Kier alpha value is -1.68. The standard InChI is InChI=1S/C11H7IN2O4S/c12-10-3-6(5-19-10)11(16)13-8-2-1-7(15)4-9(8)14(17)18/h1-5,15H,(H,13,16). The van der Waals surface area contributed by atoms with Crippen molar-refractivity contribution in [2.75, 3.05) is 5.32 Å². The number of benzene rings is 1. The molecule has 98 valence electrons. The molecular formula is C11H7IN2O4S. The second-order valence-electron chi connectivity index (χ2n) is 3.55. The summed E-state index contributed by atoms with van der Waals surface area (Å²) in [6.45, 7) is 0. The SMILES string of the molecule is O=C(Nc1ccc(O)cc1[N+](=O)[O-])c1csc(I)c1. The summed E-state index contributed by atoms with van der Waals surface area (Å²) in [5, 5.41) is 24.2. The summed E-state index contributed by atoms with van der Waals surface area (Å²) in [7, 11) is 0. The van der Waals surface area contributed by atoms with Gasteiger partial charge >= 0.3 is 0 Å². The fourth-order valence-electron chi connectivity index (χ4n) is 1.40. The van der Waals surface area contributed by atoms with Crippen molar-refractivity contribution in [3.8, 4) is 5.75 Å². The summed E-state index contributed by atoms with van der Waals surface area (Å²) >= 11 is 3.49. The molecular weight excluding hydrogens is 383 g/mol. The first kappa shape index (κ1) is 13.7. The molecule has 0 fully saturated rings. The van der Waals surface area contributed by atoms with Crippen LogP contribution >= 0.6 is 33.9 Å². The predicted octanol–water partition coefficient (Wildman–Crippen LogP) is 3.22. The monoisotopic (exact) mass is 390 g/mol. The first-order chi connectivity index (χ1) is 8.97. The number of hydrogen-bond acceptors (Lipinski definition) is 5. The Balaban J connectivity index is 2.28. The van der Waals surface area contributed by atoms with Crippen LogP contribution in [0.15, 0.2) is 29.6 Å². The van der Waals surface area contributed by atoms with Crippen LogP contribution in [0, 0.1) is 13.0 Å². The van der Waals surface area contributed by atoms with Gasteiger partial charge in [-0.05, 0) is 40.8 Å². The van der Waals surface area contributed by atoms with Crippen molar-refractivity contribution in [3.05, 3.63) is 48.2 Å². The van der Waals surface area contributed by atoms with Gasteiger partial charge in [-0.2, -0.15) is 0 Å². The summed E-state index contributed by atoms with van der Waals surface area (Å²) in [6, 6.07) is 5.25. The van der Waals surface area contributed by atoms with Crippen LogP contribution in [-0.4, -0.2) is 15.9 Å². The van der Waals surface area contributed by atoms with E-state index in [2.05, 4.69) is 27.9 Å². The number of nitro groups is 1. The van der Waals surface area contributed by atoms with E-state index in [4.69, 9.17) is 0 Å². The fourth-order valence-corrected chi connectivity index (χ4v) is 2.73. The molecule has 0 saturated heterocycles. The molecule has 1 aromatic carbocycles. The van der Waals surface area contributed by atoms with Crippen LogP contribution in [-0.2, 0) is 0 Å². The molecule has 19 heavy (non-hydrogen) atoms. The number of rotatable bonds is 3. The number of carbonyl (C=O) groups is 1. The topological polar surface area (TPSA) is 92.5 Å². The highest BCUT2D eigenvalue weighted by Crippen LogP contribution is 2.29. The van der Waals surface area contributed by atoms with Gasteiger partial charge in [0.1, 0.15) is 11.4 Å². The van der Waals surface area contributed by atoms with Crippen molar-refractivity contribution in [1.29, 1.82) is 0 Å². The number of carbonyl (C=O) groups excluding carboxylic acids is 1. The zero-order valence-electron chi connectivity index (χ0n) is 9.29. The lowest BCUT2D eigenvalue weighted by molar-refractivity contribution is -0.384. The molecule has 0 aliphatic rings. The lowest BCUT2D eigenvalue weighted by atomic mass is 10.2. The Kier molecular flexibility index (Phi) is 4.00. The van der Waals surface area contributed by atoms with Crippen LogP contribution in [0.5, 0.6) is 5.75 Å². The van der Waals surface area contributed by atoms with E-state index in [0.717, 1.165) is 8.95 Å². The van der Waals surface area contributed by atoms with Crippen molar-refractivity contribution >= 4 is 51.2 Å². The Morgan fingerprint density at radius 3 is 2.74 bits per heavy atom. The molecule has 8 heteroatoms. The minimum absolute atomic E-state index is 0.0500. The third-order valence-electron chi connectivity index (χ3n) is 2.26. The number of thiophene rings is 1. The number of hydrogen-bond donors (Lipinski definition) is 2. The number of nitrogens with zero attached hydrogens (tertiary/aromatic N) is 1. The molecule has 2 rings (SSSR count). The maximum Gasteiger partial charge on any atom is 0.296 e. The van der Waals surface area contributed by atoms with Crippen molar-refractivity contribution in [2.45, 2.75) is 0 Å². The number of amides is 1. The Bertz CT molecular complexity index is 656. The van der Waals surface area contributed by atoms with Crippen molar-refractivity contribution < 1.29 is 14.8 Å². The van der Waals surface area contributed by atoms with E-state index in [-0.39, 0.29) is 17.1 Å². The second-order valence-corrected chi connectivity index (χ2v) is 6.36. The van der Waals surface area contributed by atoms with Gasteiger partial charge in [0.05, 0.1) is 19.4 Å². The number of anilines is 1. The summed E-state index contributed by atoms with van der Waals surface area (Å²) in [6.07, 6.45) is 0. The predicted molar refractivity (Wildman–Crippen MR) is 79.8 cm³/mol. The smallest absolute Gasteiger partial charge is 0.296 e. The molecule has 1 heterocycles. The molecule has 0 aliphatic heterocycles. The molecule has 0 atom stereocenters. The van der Waals surface area contributed by atoms with Gasteiger partial charge in [-0.15, -0.1) is 11.3 Å². The maximum atomic E-state index is 11.9. The Morgan fingerprint density at radius 2 is 2.16 bits per heavy atom. The summed E-state index contributed by atoms with van der Waals surface area (Å²) in [5.74, 6) is -0.650. The summed E-state index contributed by atoms with van der Waals surface area (Å²) < 4.78 is 0.947. The highest BCUT2D eigenvalue weighted by Gasteiger charge is 2.18. The van der Waals surface area contributed by atoms with Gasteiger partial charge in [0.2, 0.25) is 0 Å². The van der Waals surface area contributed by atoms with E-state index < -0.39 is 10.8 Å². The van der Waals surface area contributed by atoms with Gasteiger partial charge in [0.25, 0.3) is 11.6 Å². The minimum atomic E-state index is -0.660. The Morgan fingerprint density at radius 1 is 1.42 bits per heavy atom. The molecule has 0 saturated carbocycles. The summed E-state index contributed by atoms with van der Waals surface area (Å²) in [4.78, 5) is 22.1. The van der Waals surface area contributed by atoms with Crippen LogP contribution in [0.25, 0.3) is 0 Å². The van der Waals surface area contributed by atoms with Crippen molar-refractivity contribution in [2.24, 2.45) is 0 Å². The maximum absolute atomic E-state index is 11.9. The van der Waals surface area contributed by atoms with Gasteiger partial charge in [-0.3, -0.25) is 14.9 Å². The van der Waals surface area contributed by atoms with E-state index in [1.807, 2.05) is 0 Å². The fraction of sp³-hybridized carbons (Fsp3) is 0. The number of nitrogens with one attached hydrogen (secondary N) is 1. The number of aromatic hydroxyl groups is 1. The van der Waals surface area contributed by atoms with Crippen LogP contribution < -0.4 is 5.32 Å². The third-order valence-corrected chi connectivity index (χ3v) is 4.04. The summed E-state index contributed by atoms with van der Waals surface area (Å²) in [5.41, 5.74) is 0.143. The van der Waals surface area contributed by atoms with Gasteiger partial charge in [-0.25, -0.2) is 0 Å². The van der Waals surface area contributed by atoms with Gasteiger partial charge in [0, 0.05) is 5.38 Å². The molecule has 0 radical (unpaired) electrons. The van der Waals surface area contributed by atoms with E-state index in [0.29, 0.717) is 5.56 Å². The lowest BCUT2D eigenvalue weighted by Gasteiger charge is -2.05. The second kappa shape index (κ2) is 5.53. The number of nitro benzene ring substituents is 1. The molecule has 0 unspecified atom stereocenters. The van der Waals surface area contributed by atoms with Crippen LogP contribution in [0.2, 0.25) is 0 Å². The molecule has 2 N–H and O–H groups in total. The van der Waals surface area contributed by atoms with Crippen LogP contribution in [0.3, 0.4) is 0 Å². The highest BCUT2D eigenvalue weighted by molar-refractivity contribution is 14.1. The van der Waals surface area contributed by atoms with E-state index >= 15 is 0 Å². The largest absolute Gasteiger partial charge is 0.508 e. The van der Waals surface area contributed by atoms with Crippen LogP contribution in [0.4, 0.5) is 11.4 Å². The number of phenolic OH excluding ortho intramolecular Hbond substituents is 1. The molecule has 6 nitrogen and oxygen atoms in total. The van der Waals surface area contributed by atoms with E-state index in [9.17, 15) is 20.0 Å². The Labute approximate surface area is 125 Å². The first-order valence-electron chi connectivity index (χ1n) is 5.00. The lowest BCUT2D eigenvalue weighted by Crippen LogP contribution is -2.12. The minimum Gasteiger partial charge on any atom is -0.508 e. The third kappa shape index (κ3) is 3.20. The van der Waals surface area contributed by atoms with Gasteiger partial charge < -0.3 is 10.4 Å². The molecule has 0 aliphatic carbocycles. The molecule has 1 amide bonds. The average molecular weight is 390 g/mol. The highest BCUT2D eigenvalue weighted by atomic mass is 127. The zero-order chi connectivity index (χ0) is 14.0. The van der Waals surface area contributed by atoms with Crippen molar-refractivity contribution in [3.63, 3.8) is 0 Å². The van der Waals surface area contributed by atoms with E-state index in [1.54, 1.807) is 11.4 Å². The quantitative estimate of drug-likeness (QED) is 0.364.